The number of hydrogen-bond acceptors (Lipinski definition) is 4. The highest BCUT2D eigenvalue weighted by Gasteiger charge is 2.41. The lowest BCUT2D eigenvalue weighted by atomic mass is 9.88. The summed E-state index contributed by atoms with van der Waals surface area (Å²) >= 11 is 0. The molecule has 0 radical (unpaired) electrons. The first-order valence-electron chi connectivity index (χ1n) is 8.44. The van der Waals surface area contributed by atoms with Crippen LogP contribution in [0.15, 0.2) is 0 Å². The molecule has 0 bridgehead atoms. The second-order valence-electron chi connectivity index (χ2n) is 7.29. The summed E-state index contributed by atoms with van der Waals surface area (Å²) in [7, 11) is 1.46. The molecule has 0 amide bonds. The SMILES string of the molecule is COC(=O)C(C)(CC(C)OC1CCCC(C)C1)NC1CC1. The smallest absolute Gasteiger partial charge is 0.325 e. The van der Waals surface area contributed by atoms with Crippen LogP contribution in [0.2, 0.25) is 0 Å². The van der Waals surface area contributed by atoms with E-state index < -0.39 is 5.54 Å². The van der Waals surface area contributed by atoms with Gasteiger partial charge in [0.15, 0.2) is 0 Å². The fourth-order valence-electron chi connectivity index (χ4n) is 3.56. The molecule has 2 saturated carbocycles. The highest BCUT2D eigenvalue weighted by Crippen LogP contribution is 2.29. The molecule has 0 aliphatic heterocycles. The van der Waals surface area contributed by atoms with Crippen LogP contribution in [-0.2, 0) is 14.3 Å². The maximum atomic E-state index is 12.1. The summed E-state index contributed by atoms with van der Waals surface area (Å²) in [5.74, 6) is 0.578. The minimum Gasteiger partial charge on any atom is -0.468 e. The maximum Gasteiger partial charge on any atom is 0.325 e. The Bertz CT molecular complexity index is 356. The van der Waals surface area contributed by atoms with Crippen molar-refractivity contribution in [3.8, 4) is 0 Å². The summed E-state index contributed by atoms with van der Waals surface area (Å²) < 4.78 is 11.2. The lowest BCUT2D eigenvalue weighted by Gasteiger charge is -2.34. The molecule has 4 nitrogen and oxygen atoms in total. The molecule has 0 spiro atoms. The number of methoxy groups -OCH3 is 1. The zero-order valence-corrected chi connectivity index (χ0v) is 14.0. The zero-order valence-electron chi connectivity index (χ0n) is 14.0. The van der Waals surface area contributed by atoms with E-state index in [1.54, 1.807) is 0 Å². The molecule has 4 unspecified atom stereocenters. The Morgan fingerprint density at radius 1 is 1.33 bits per heavy atom. The largest absolute Gasteiger partial charge is 0.468 e. The summed E-state index contributed by atoms with van der Waals surface area (Å²) in [5.41, 5.74) is -0.629. The van der Waals surface area contributed by atoms with Crippen molar-refractivity contribution in [1.82, 2.24) is 5.32 Å². The molecular formula is C17H31NO3. The van der Waals surface area contributed by atoms with E-state index in [9.17, 15) is 4.79 Å². The molecule has 4 atom stereocenters. The van der Waals surface area contributed by atoms with Gasteiger partial charge in [-0.1, -0.05) is 19.8 Å². The molecule has 21 heavy (non-hydrogen) atoms. The first kappa shape index (κ1) is 16.8. The van der Waals surface area contributed by atoms with Crippen LogP contribution in [0.25, 0.3) is 0 Å². The molecule has 2 aliphatic rings. The summed E-state index contributed by atoms with van der Waals surface area (Å²) in [6.07, 6.45) is 8.27. The maximum absolute atomic E-state index is 12.1. The monoisotopic (exact) mass is 297 g/mol. The van der Waals surface area contributed by atoms with Gasteiger partial charge in [-0.3, -0.25) is 10.1 Å². The molecule has 2 fully saturated rings. The number of carbonyl (C=O) groups is 1. The van der Waals surface area contributed by atoms with Crippen molar-refractivity contribution in [2.75, 3.05) is 7.11 Å². The third-order valence-corrected chi connectivity index (χ3v) is 4.74. The van der Waals surface area contributed by atoms with Crippen molar-refractivity contribution in [2.45, 2.75) is 89.5 Å². The molecular weight excluding hydrogens is 266 g/mol. The van der Waals surface area contributed by atoms with Gasteiger partial charge in [0.1, 0.15) is 5.54 Å². The van der Waals surface area contributed by atoms with Gasteiger partial charge in [0.05, 0.1) is 19.3 Å². The van der Waals surface area contributed by atoms with Gasteiger partial charge in [0.2, 0.25) is 0 Å². The van der Waals surface area contributed by atoms with Crippen molar-refractivity contribution in [3.05, 3.63) is 0 Å². The van der Waals surface area contributed by atoms with Crippen LogP contribution < -0.4 is 5.32 Å². The van der Waals surface area contributed by atoms with E-state index in [1.165, 1.54) is 20.0 Å². The summed E-state index contributed by atoms with van der Waals surface area (Å²) in [5, 5.41) is 3.44. The lowest BCUT2D eigenvalue weighted by Crippen LogP contribution is -2.53. The van der Waals surface area contributed by atoms with E-state index in [-0.39, 0.29) is 12.1 Å². The topological polar surface area (TPSA) is 47.6 Å². The molecule has 0 aromatic heterocycles. The minimum absolute atomic E-state index is 0.0654. The summed E-state index contributed by atoms with van der Waals surface area (Å²) in [4.78, 5) is 12.1. The molecule has 0 aromatic carbocycles. The number of nitrogens with one attached hydrogen (secondary N) is 1. The summed E-state index contributed by atoms with van der Waals surface area (Å²) in [6, 6.07) is 0.469. The van der Waals surface area contributed by atoms with Gasteiger partial charge >= 0.3 is 5.97 Å². The standard InChI is InChI=1S/C17H31NO3/c1-12-6-5-7-15(10-12)21-13(2)11-17(3,16(19)20-4)18-14-8-9-14/h12-15,18H,5-11H2,1-4H3. The van der Waals surface area contributed by atoms with Gasteiger partial charge in [0.25, 0.3) is 0 Å². The molecule has 2 rings (SSSR count). The predicted octanol–water partition coefficient (Wildman–Crippen LogP) is 3.04. The highest BCUT2D eigenvalue weighted by molar-refractivity contribution is 5.80. The average Bonchev–Trinajstić information content (AvgIpc) is 3.21. The van der Waals surface area contributed by atoms with E-state index in [0.29, 0.717) is 18.6 Å². The van der Waals surface area contributed by atoms with E-state index in [2.05, 4.69) is 19.2 Å². The average molecular weight is 297 g/mol. The second kappa shape index (κ2) is 7.10. The Balaban J connectivity index is 1.87. The van der Waals surface area contributed by atoms with Crippen LogP contribution in [-0.4, -0.2) is 36.9 Å². The van der Waals surface area contributed by atoms with Crippen molar-refractivity contribution < 1.29 is 14.3 Å². The molecule has 4 heteroatoms. The molecule has 2 aliphatic carbocycles. The van der Waals surface area contributed by atoms with Crippen molar-refractivity contribution in [1.29, 1.82) is 0 Å². The minimum atomic E-state index is -0.629. The summed E-state index contributed by atoms with van der Waals surface area (Å²) in [6.45, 7) is 6.32. The normalized spacial score (nSPS) is 30.5. The van der Waals surface area contributed by atoms with Gasteiger partial charge < -0.3 is 9.47 Å². The lowest BCUT2D eigenvalue weighted by molar-refractivity contribution is -0.150. The predicted molar refractivity (Wildman–Crippen MR) is 83.2 cm³/mol. The zero-order chi connectivity index (χ0) is 15.5. The van der Waals surface area contributed by atoms with Crippen molar-refractivity contribution in [2.24, 2.45) is 5.92 Å². The third-order valence-electron chi connectivity index (χ3n) is 4.74. The van der Waals surface area contributed by atoms with E-state index in [1.807, 2.05) is 6.92 Å². The fraction of sp³-hybridized carbons (Fsp3) is 0.941. The fourth-order valence-corrected chi connectivity index (χ4v) is 3.56. The number of hydrogen-bond donors (Lipinski definition) is 1. The number of rotatable bonds is 7. The quantitative estimate of drug-likeness (QED) is 0.734. The Morgan fingerprint density at radius 2 is 2.05 bits per heavy atom. The molecule has 1 N–H and O–H groups in total. The van der Waals surface area contributed by atoms with Crippen LogP contribution in [0.1, 0.15) is 65.7 Å². The van der Waals surface area contributed by atoms with Gasteiger partial charge in [-0.25, -0.2) is 0 Å². The van der Waals surface area contributed by atoms with Crippen LogP contribution in [0.5, 0.6) is 0 Å². The Kier molecular flexibility index (Phi) is 5.67. The van der Waals surface area contributed by atoms with Gasteiger partial charge in [0, 0.05) is 12.5 Å². The third kappa shape index (κ3) is 4.96. The van der Waals surface area contributed by atoms with Crippen molar-refractivity contribution in [3.63, 3.8) is 0 Å². The van der Waals surface area contributed by atoms with Crippen molar-refractivity contribution >= 4 is 5.97 Å². The first-order valence-corrected chi connectivity index (χ1v) is 8.44. The Hall–Kier alpha value is -0.610. The van der Waals surface area contributed by atoms with E-state index in [0.717, 1.165) is 31.6 Å². The molecule has 0 heterocycles. The van der Waals surface area contributed by atoms with Crippen LogP contribution in [0, 0.1) is 5.92 Å². The number of esters is 1. The van der Waals surface area contributed by atoms with E-state index in [4.69, 9.17) is 9.47 Å². The van der Waals surface area contributed by atoms with Crippen LogP contribution in [0.4, 0.5) is 0 Å². The highest BCUT2D eigenvalue weighted by atomic mass is 16.5. The van der Waals surface area contributed by atoms with Crippen LogP contribution in [0.3, 0.4) is 0 Å². The van der Waals surface area contributed by atoms with Gasteiger partial charge in [-0.05, 0) is 45.4 Å². The molecule has 0 aromatic rings. The molecule has 0 saturated heterocycles. The Labute approximate surface area is 129 Å². The van der Waals surface area contributed by atoms with Gasteiger partial charge in [-0.15, -0.1) is 0 Å². The Morgan fingerprint density at radius 3 is 2.62 bits per heavy atom. The van der Waals surface area contributed by atoms with E-state index >= 15 is 0 Å². The first-order chi connectivity index (χ1) is 9.93. The van der Waals surface area contributed by atoms with Gasteiger partial charge in [-0.2, -0.15) is 0 Å². The number of carbonyl (C=O) groups excluding carboxylic acids is 1. The number of ether oxygens (including phenoxy) is 2. The molecule has 122 valence electrons. The second-order valence-corrected chi connectivity index (χ2v) is 7.29. The van der Waals surface area contributed by atoms with Crippen LogP contribution >= 0.6 is 0 Å².